The summed E-state index contributed by atoms with van der Waals surface area (Å²) >= 11 is 0. The number of cyclic esters (lactones) is 2. The highest BCUT2D eigenvalue weighted by molar-refractivity contribution is 5.97. The van der Waals surface area contributed by atoms with E-state index in [4.69, 9.17) is 9.47 Å². The van der Waals surface area contributed by atoms with Crippen molar-refractivity contribution >= 4 is 41.5 Å². The molecule has 1 aromatic rings. The number of esters is 2. The van der Waals surface area contributed by atoms with E-state index in [0.29, 0.717) is 25.7 Å². The molecule has 0 saturated carbocycles. The molecule has 6 atom stereocenters. The van der Waals surface area contributed by atoms with Crippen LogP contribution in [0.2, 0.25) is 0 Å². The molecule has 0 radical (unpaired) electrons. The maximum Gasteiger partial charge on any atom is 0.325 e. The average molecular weight is 742 g/mol. The standard InChI is InChI=1S/C39H59N5O9/c1-11-16-29-39(7,8)38(51)53-32(24(4)5)34(47)41-25(6)35(48)43(10)31(23(2)3)37(50)44-20-15-19-27(44)36(49)42(9)28(21-26-17-13-12-14-18-26)33(46)40-22-30(45)52-29/h12-14,17-18,23-25,27-29,31-32H,11,15-16,19-22H2,1-10H3,(H,40,46)(H,41,47). The van der Waals surface area contributed by atoms with E-state index in [2.05, 4.69) is 10.6 Å². The van der Waals surface area contributed by atoms with E-state index >= 15 is 0 Å². The number of nitrogens with one attached hydrogen (secondary N) is 2. The number of benzene rings is 1. The van der Waals surface area contributed by atoms with E-state index in [-0.39, 0.29) is 18.9 Å². The van der Waals surface area contributed by atoms with Crippen LogP contribution in [0.15, 0.2) is 30.3 Å². The topological polar surface area (TPSA) is 172 Å². The van der Waals surface area contributed by atoms with E-state index in [1.807, 2.05) is 37.3 Å². The third-order valence-corrected chi connectivity index (χ3v) is 10.2. The first kappa shape index (κ1) is 42.9. The smallest absolute Gasteiger partial charge is 0.325 e. The number of hydrogen-bond donors (Lipinski definition) is 2. The van der Waals surface area contributed by atoms with Crippen LogP contribution in [0.4, 0.5) is 0 Å². The molecule has 14 nitrogen and oxygen atoms in total. The van der Waals surface area contributed by atoms with Crippen LogP contribution in [-0.2, 0) is 49.5 Å². The minimum Gasteiger partial charge on any atom is -0.460 e. The lowest BCUT2D eigenvalue weighted by atomic mass is 9.84. The summed E-state index contributed by atoms with van der Waals surface area (Å²) in [6.07, 6.45) is -0.373. The number of hydrogen-bond acceptors (Lipinski definition) is 9. The van der Waals surface area contributed by atoms with Gasteiger partial charge in [0.2, 0.25) is 23.6 Å². The zero-order valence-corrected chi connectivity index (χ0v) is 33.0. The molecule has 2 heterocycles. The van der Waals surface area contributed by atoms with Gasteiger partial charge in [-0.1, -0.05) is 71.4 Å². The highest BCUT2D eigenvalue weighted by atomic mass is 16.6. The van der Waals surface area contributed by atoms with Crippen LogP contribution in [0.25, 0.3) is 0 Å². The lowest BCUT2D eigenvalue weighted by Gasteiger charge is -2.38. The average Bonchev–Trinajstić information content (AvgIpc) is 3.60. The van der Waals surface area contributed by atoms with Gasteiger partial charge in [-0.3, -0.25) is 33.6 Å². The summed E-state index contributed by atoms with van der Waals surface area (Å²) in [4.78, 5) is 101. The van der Waals surface area contributed by atoms with Crippen LogP contribution >= 0.6 is 0 Å². The second-order valence-corrected chi connectivity index (χ2v) is 15.5. The molecule has 2 fully saturated rings. The third kappa shape index (κ3) is 10.3. The van der Waals surface area contributed by atoms with Crippen molar-refractivity contribution in [3.8, 4) is 0 Å². The Bertz CT molecular complexity index is 1500. The normalized spacial score (nSPS) is 27.5. The van der Waals surface area contributed by atoms with Crippen molar-refractivity contribution in [3.63, 3.8) is 0 Å². The zero-order valence-electron chi connectivity index (χ0n) is 33.0. The second-order valence-electron chi connectivity index (χ2n) is 15.5. The first-order valence-electron chi connectivity index (χ1n) is 18.7. The molecule has 0 bridgehead atoms. The van der Waals surface area contributed by atoms with Crippen LogP contribution in [0, 0.1) is 17.3 Å². The van der Waals surface area contributed by atoms with E-state index in [0.717, 1.165) is 5.56 Å². The van der Waals surface area contributed by atoms with E-state index < -0.39 is 95.7 Å². The van der Waals surface area contributed by atoms with Gasteiger partial charge in [-0.2, -0.15) is 0 Å². The Labute approximate surface area is 313 Å². The molecule has 2 aliphatic heterocycles. The zero-order chi connectivity index (χ0) is 39.8. The number of amides is 5. The predicted octanol–water partition coefficient (Wildman–Crippen LogP) is 2.47. The van der Waals surface area contributed by atoms with Crippen molar-refractivity contribution in [2.45, 2.75) is 124 Å². The molecular formula is C39H59N5O9. The van der Waals surface area contributed by atoms with Gasteiger partial charge in [0.05, 0.1) is 5.41 Å². The molecule has 294 valence electrons. The molecule has 2 saturated heterocycles. The molecule has 0 aliphatic carbocycles. The predicted molar refractivity (Wildman–Crippen MR) is 197 cm³/mol. The summed E-state index contributed by atoms with van der Waals surface area (Å²) < 4.78 is 11.5. The summed E-state index contributed by atoms with van der Waals surface area (Å²) in [5.74, 6) is -5.15. The first-order valence-corrected chi connectivity index (χ1v) is 18.7. The number of fused-ring (bicyclic) bond motifs is 1. The Morgan fingerprint density at radius 3 is 2.08 bits per heavy atom. The van der Waals surface area contributed by atoms with Crippen molar-refractivity contribution in [2.24, 2.45) is 17.3 Å². The van der Waals surface area contributed by atoms with Gasteiger partial charge in [-0.05, 0) is 57.4 Å². The molecule has 53 heavy (non-hydrogen) atoms. The molecule has 2 N–H and O–H groups in total. The van der Waals surface area contributed by atoms with E-state index in [1.54, 1.807) is 41.5 Å². The van der Waals surface area contributed by atoms with Gasteiger partial charge in [-0.25, -0.2) is 0 Å². The van der Waals surface area contributed by atoms with Gasteiger partial charge in [0.15, 0.2) is 6.10 Å². The Kier molecular flexibility index (Phi) is 15.0. The summed E-state index contributed by atoms with van der Waals surface area (Å²) in [5, 5.41) is 5.29. The van der Waals surface area contributed by atoms with Gasteiger partial charge in [-0.15, -0.1) is 0 Å². The lowest BCUT2D eigenvalue weighted by molar-refractivity contribution is -0.179. The number of ether oxygens (including phenoxy) is 2. The Morgan fingerprint density at radius 2 is 1.49 bits per heavy atom. The Morgan fingerprint density at radius 1 is 0.849 bits per heavy atom. The molecular weight excluding hydrogens is 682 g/mol. The number of nitrogens with zero attached hydrogens (tertiary/aromatic N) is 3. The van der Waals surface area contributed by atoms with Crippen LogP contribution in [0.1, 0.15) is 86.6 Å². The van der Waals surface area contributed by atoms with E-state index in [9.17, 15) is 33.6 Å². The second kappa shape index (κ2) is 18.5. The minimum absolute atomic E-state index is 0.133. The summed E-state index contributed by atoms with van der Waals surface area (Å²) in [6, 6.07) is 5.13. The van der Waals surface area contributed by atoms with Gasteiger partial charge in [0, 0.05) is 27.1 Å². The van der Waals surface area contributed by atoms with Crippen LogP contribution in [0.5, 0.6) is 0 Å². The van der Waals surface area contributed by atoms with Crippen LogP contribution in [-0.4, -0.2) is 120 Å². The molecule has 5 amide bonds. The third-order valence-electron chi connectivity index (χ3n) is 10.2. The highest BCUT2D eigenvalue weighted by Gasteiger charge is 2.45. The van der Waals surface area contributed by atoms with Gasteiger partial charge >= 0.3 is 11.9 Å². The van der Waals surface area contributed by atoms with Crippen LogP contribution < -0.4 is 10.6 Å². The fourth-order valence-electron chi connectivity index (χ4n) is 6.98. The largest absolute Gasteiger partial charge is 0.460 e. The maximum atomic E-state index is 14.3. The number of likely N-dealkylation sites (N-methyl/N-ethyl adjacent to an activating group) is 2. The minimum atomic E-state index is -1.40. The highest BCUT2D eigenvalue weighted by Crippen LogP contribution is 2.31. The van der Waals surface area contributed by atoms with E-state index in [1.165, 1.54) is 35.7 Å². The van der Waals surface area contributed by atoms with Crippen molar-refractivity contribution in [2.75, 3.05) is 27.2 Å². The molecule has 6 unspecified atom stereocenters. The Balaban J connectivity index is 2.08. The van der Waals surface area contributed by atoms with Gasteiger partial charge < -0.3 is 34.8 Å². The molecule has 1 aromatic carbocycles. The molecule has 0 aromatic heterocycles. The monoisotopic (exact) mass is 741 g/mol. The molecule has 0 spiro atoms. The van der Waals surface area contributed by atoms with Gasteiger partial charge in [0.1, 0.15) is 36.8 Å². The van der Waals surface area contributed by atoms with Crippen LogP contribution in [0.3, 0.4) is 0 Å². The van der Waals surface area contributed by atoms with Crippen molar-refractivity contribution in [3.05, 3.63) is 35.9 Å². The van der Waals surface area contributed by atoms with Crippen molar-refractivity contribution in [1.29, 1.82) is 0 Å². The van der Waals surface area contributed by atoms with Crippen molar-refractivity contribution < 1.29 is 43.0 Å². The molecule has 14 heteroatoms. The maximum absolute atomic E-state index is 14.3. The lowest BCUT2D eigenvalue weighted by Crippen LogP contribution is -2.60. The molecule has 2 aliphatic rings. The quantitative estimate of drug-likeness (QED) is 0.416. The molecule has 3 rings (SSSR count). The fourth-order valence-corrected chi connectivity index (χ4v) is 6.98. The fraction of sp³-hybridized carbons (Fsp3) is 0.667. The summed E-state index contributed by atoms with van der Waals surface area (Å²) in [6.45, 7) is 13.2. The summed E-state index contributed by atoms with van der Waals surface area (Å²) in [5.41, 5.74) is -0.623. The van der Waals surface area contributed by atoms with Crippen molar-refractivity contribution in [1.82, 2.24) is 25.3 Å². The van der Waals surface area contributed by atoms with Gasteiger partial charge in [0.25, 0.3) is 5.91 Å². The Hall–Kier alpha value is -4.49. The first-order chi connectivity index (χ1) is 24.8. The number of carbonyl (C=O) groups is 7. The number of carbonyl (C=O) groups excluding carboxylic acids is 7. The summed E-state index contributed by atoms with van der Waals surface area (Å²) in [7, 11) is 2.99. The SMILES string of the molecule is CCCC1OC(=O)CNC(=O)C(Cc2ccccc2)N(C)C(=O)C2CCCN2C(=O)C(C(C)C)N(C)C(=O)C(C)NC(=O)C(C(C)C)OC(=O)C1(C)C. The number of rotatable bonds is 6.